The van der Waals surface area contributed by atoms with Crippen molar-refractivity contribution >= 4 is 12.0 Å². The van der Waals surface area contributed by atoms with Crippen LogP contribution in [0.2, 0.25) is 0 Å². The van der Waals surface area contributed by atoms with E-state index in [1.165, 1.54) is 12.0 Å². The first kappa shape index (κ1) is 10.2. The van der Waals surface area contributed by atoms with Gasteiger partial charge in [-0.25, -0.2) is 0 Å². The van der Waals surface area contributed by atoms with Crippen LogP contribution in [0.3, 0.4) is 0 Å². The van der Waals surface area contributed by atoms with Gasteiger partial charge in [0.25, 0.3) is 0 Å². The first-order chi connectivity index (χ1) is 4.77. The smallest absolute Gasteiger partial charge is 0.113 e. The van der Waals surface area contributed by atoms with E-state index < -0.39 is 0 Å². The summed E-state index contributed by atoms with van der Waals surface area (Å²) in [6, 6.07) is 0. The quantitative estimate of drug-likeness (QED) is 0.282. The Morgan fingerprint density at radius 1 is 1.80 bits per heavy atom. The van der Waals surface area contributed by atoms with Crippen LogP contribution >= 0.6 is 12.0 Å². The van der Waals surface area contributed by atoms with Crippen LogP contribution in [0.25, 0.3) is 0 Å². The molecule has 62 valence electrons. The molecule has 0 radical (unpaired) electrons. The fourth-order valence-corrected chi connectivity index (χ4v) is 0.647. The second-order valence-corrected chi connectivity index (χ2v) is 2.68. The van der Waals surface area contributed by atoms with E-state index in [-0.39, 0.29) is 12.8 Å². The highest BCUT2D eigenvalue weighted by Crippen LogP contribution is 1.97. The summed E-state index contributed by atoms with van der Waals surface area (Å²) in [6.45, 7) is 2.39. The van der Waals surface area contributed by atoms with Gasteiger partial charge in [-0.1, -0.05) is 0 Å². The molecular formula is C5H14N2O2S. The van der Waals surface area contributed by atoms with Gasteiger partial charge < -0.3 is 10.8 Å². The fraction of sp³-hybridized carbons (Fsp3) is 1.00. The molecule has 0 saturated heterocycles. The summed E-state index contributed by atoms with van der Waals surface area (Å²) < 4.78 is 4.95. The number of hydrogen-bond donors (Lipinski definition) is 3. The Labute approximate surface area is 65.3 Å². The lowest BCUT2D eigenvalue weighted by Gasteiger charge is -2.06. The van der Waals surface area contributed by atoms with Crippen LogP contribution < -0.4 is 11.1 Å². The van der Waals surface area contributed by atoms with Crippen molar-refractivity contribution in [3.8, 4) is 0 Å². The zero-order chi connectivity index (χ0) is 7.82. The second-order valence-electron chi connectivity index (χ2n) is 1.80. The molecule has 0 aromatic carbocycles. The van der Waals surface area contributed by atoms with E-state index in [4.69, 9.17) is 15.0 Å². The Morgan fingerprint density at radius 2 is 2.50 bits per heavy atom. The molecule has 0 aliphatic carbocycles. The number of hydrogen-bond acceptors (Lipinski definition) is 5. The van der Waals surface area contributed by atoms with Crippen molar-refractivity contribution in [2.75, 3.05) is 19.1 Å². The molecule has 0 heterocycles. The minimum Gasteiger partial charge on any atom is -0.395 e. The van der Waals surface area contributed by atoms with Crippen molar-refractivity contribution in [3.05, 3.63) is 0 Å². The molecule has 0 aliphatic rings. The van der Waals surface area contributed by atoms with Crippen LogP contribution in [-0.2, 0) is 4.18 Å². The van der Waals surface area contributed by atoms with Crippen LogP contribution in [0.5, 0.6) is 0 Å². The molecule has 5 heteroatoms. The summed E-state index contributed by atoms with van der Waals surface area (Å²) in [4.78, 5) is 0. The Bertz CT molecular complexity index is 72.7. The standard InChI is InChI=1S/C5H14N2O2S/c1-5(6)7-4-9-10-3-2-8/h5,7-8H,2-4,6H2,1H3/t5-/m0/s1. The van der Waals surface area contributed by atoms with Crippen molar-refractivity contribution in [1.82, 2.24) is 5.32 Å². The third kappa shape index (κ3) is 8.19. The second kappa shape index (κ2) is 7.30. The topological polar surface area (TPSA) is 67.5 Å². The van der Waals surface area contributed by atoms with E-state index in [1.54, 1.807) is 0 Å². The van der Waals surface area contributed by atoms with Crippen LogP contribution in [0.1, 0.15) is 6.92 Å². The maximum absolute atomic E-state index is 8.33. The predicted molar refractivity (Wildman–Crippen MR) is 42.3 cm³/mol. The number of aliphatic hydroxyl groups excluding tert-OH is 1. The minimum absolute atomic E-state index is 0.0465. The monoisotopic (exact) mass is 166 g/mol. The molecule has 0 bridgehead atoms. The van der Waals surface area contributed by atoms with Gasteiger partial charge in [0.1, 0.15) is 6.73 Å². The molecule has 0 fully saturated rings. The lowest BCUT2D eigenvalue weighted by molar-refractivity contribution is 0.297. The van der Waals surface area contributed by atoms with Crippen molar-refractivity contribution in [1.29, 1.82) is 0 Å². The molecule has 0 aromatic heterocycles. The zero-order valence-corrected chi connectivity index (χ0v) is 6.86. The molecule has 0 aromatic rings. The van der Waals surface area contributed by atoms with Crippen molar-refractivity contribution in [2.45, 2.75) is 13.1 Å². The summed E-state index contributed by atoms with van der Waals surface area (Å²) in [6.07, 6.45) is -0.0465. The SMILES string of the molecule is C[C@@H](N)NCOSCCO. The minimum atomic E-state index is -0.0465. The van der Waals surface area contributed by atoms with Gasteiger partial charge in [-0.3, -0.25) is 9.50 Å². The van der Waals surface area contributed by atoms with Crippen molar-refractivity contribution in [2.24, 2.45) is 5.73 Å². The van der Waals surface area contributed by atoms with Crippen molar-refractivity contribution in [3.63, 3.8) is 0 Å². The van der Waals surface area contributed by atoms with Gasteiger partial charge in [0, 0.05) is 5.75 Å². The molecule has 0 spiro atoms. The molecule has 0 unspecified atom stereocenters. The van der Waals surface area contributed by atoms with Gasteiger partial charge in [-0.05, 0) is 19.0 Å². The Balaban J connectivity index is 2.77. The maximum Gasteiger partial charge on any atom is 0.113 e. The Hall–Kier alpha value is 0.190. The molecular weight excluding hydrogens is 152 g/mol. The van der Waals surface area contributed by atoms with Gasteiger partial charge in [0.15, 0.2) is 0 Å². The number of aliphatic hydroxyl groups is 1. The highest BCUT2D eigenvalue weighted by molar-refractivity contribution is 7.94. The molecule has 1 atom stereocenters. The summed E-state index contributed by atoms with van der Waals surface area (Å²) in [5, 5.41) is 11.2. The zero-order valence-electron chi connectivity index (χ0n) is 6.04. The lowest BCUT2D eigenvalue weighted by atomic mass is 10.6. The highest BCUT2D eigenvalue weighted by Gasteiger charge is 1.90. The molecule has 0 saturated carbocycles. The summed E-state index contributed by atoms with van der Waals surface area (Å²) in [5.41, 5.74) is 5.36. The molecule has 0 aliphatic heterocycles. The molecule has 0 amide bonds. The number of rotatable bonds is 6. The Morgan fingerprint density at radius 3 is 3.00 bits per heavy atom. The summed E-state index contributed by atoms with van der Waals surface area (Å²) in [5.74, 6) is 0.598. The summed E-state index contributed by atoms with van der Waals surface area (Å²) >= 11 is 1.23. The van der Waals surface area contributed by atoms with Gasteiger partial charge in [-0.2, -0.15) is 0 Å². The average molecular weight is 166 g/mol. The fourth-order valence-electron chi connectivity index (χ4n) is 0.303. The van der Waals surface area contributed by atoms with Gasteiger partial charge in [0.05, 0.1) is 12.8 Å². The molecule has 0 rings (SSSR count). The lowest BCUT2D eigenvalue weighted by Crippen LogP contribution is -2.35. The van der Waals surface area contributed by atoms with E-state index in [2.05, 4.69) is 5.32 Å². The van der Waals surface area contributed by atoms with Gasteiger partial charge in [-0.15, -0.1) is 0 Å². The maximum atomic E-state index is 8.33. The van der Waals surface area contributed by atoms with E-state index in [1.807, 2.05) is 6.92 Å². The average Bonchev–Trinajstić information content (AvgIpc) is 1.87. The van der Waals surface area contributed by atoms with E-state index in [9.17, 15) is 0 Å². The van der Waals surface area contributed by atoms with E-state index in [0.717, 1.165) is 0 Å². The van der Waals surface area contributed by atoms with E-state index in [0.29, 0.717) is 12.5 Å². The van der Waals surface area contributed by atoms with Crippen LogP contribution in [0.15, 0.2) is 0 Å². The molecule has 10 heavy (non-hydrogen) atoms. The number of nitrogens with one attached hydrogen (secondary N) is 1. The first-order valence-electron chi connectivity index (χ1n) is 3.11. The third-order valence-electron chi connectivity index (χ3n) is 0.722. The third-order valence-corrected chi connectivity index (χ3v) is 1.36. The Kier molecular flexibility index (Phi) is 7.44. The number of nitrogens with two attached hydrogens (primary N) is 1. The van der Waals surface area contributed by atoms with E-state index >= 15 is 0 Å². The van der Waals surface area contributed by atoms with Crippen LogP contribution in [-0.4, -0.2) is 30.4 Å². The molecule has 4 nitrogen and oxygen atoms in total. The summed E-state index contributed by atoms with van der Waals surface area (Å²) in [7, 11) is 0. The van der Waals surface area contributed by atoms with Gasteiger partial charge >= 0.3 is 0 Å². The largest absolute Gasteiger partial charge is 0.395 e. The normalized spacial score (nSPS) is 13.5. The van der Waals surface area contributed by atoms with Crippen LogP contribution in [0.4, 0.5) is 0 Å². The highest BCUT2D eigenvalue weighted by atomic mass is 32.2. The predicted octanol–water partition coefficient (Wildman–Crippen LogP) is -0.505. The molecule has 4 N–H and O–H groups in total. The first-order valence-corrected chi connectivity index (χ1v) is 4.02. The van der Waals surface area contributed by atoms with Gasteiger partial charge in [0.2, 0.25) is 0 Å². The van der Waals surface area contributed by atoms with Crippen molar-refractivity contribution < 1.29 is 9.29 Å². The van der Waals surface area contributed by atoms with Crippen LogP contribution in [0, 0.1) is 0 Å².